The van der Waals surface area contributed by atoms with Gasteiger partial charge in [-0.25, -0.2) is 4.85 Å². The van der Waals surface area contributed by atoms with Crippen LogP contribution in [0.4, 0.5) is 56.9 Å². The minimum absolute atomic E-state index is 0.557. The van der Waals surface area contributed by atoms with Crippen LogP contribution in [0.1, 0.15) is 22.3 Å². The second-order valence-corrected chi connectivity index (χ2v) is 20.3. The van der Waals surface area contributed by atoms with Crippen LogP contribution in [-0.2, 0) is 0 Å². The van der Waals surface area contributed by atoms with E-state index in [9.17, 15) is 5.26 Å². The van der Waals surface area contributed by atoms with Crippen molar-refractivity contribution in [1.29, 1.82) is 5.26 Å². The maximum atomic E-state index is 9.58. The highest BCUT2D eigenvalue weighted by molar-refractivity contribution is 6.03. The van der Waals surface area contributed by atoms with E-state index < -0.39 is 0 Å². The number of nitrogens with zero attached hydrogens (tertiary/aromatic N) is 5. The molecule has 0 unspecified atom stereocenters. The van der Waals surface area contributed by atoms with Gasteiger partial charge in [-0.2, -0.15) is 5.26 Å². The lowest BCUT2D eigenvalue weighted by Gasteiger charge is -2.27. The summed E-state index contributed by atoms with van der Waals surface area (Å²) < 4.78 is 5.34. The maximum Gasteiger partial charge on any atom is 0.202 e. The van der Waals surface area contributed by atoms with Crippen LogP contribution in [0.3, 0.4) is 0 Å². The van der Waals surface area contributed by atoms with Crippen molar-refractivity contribution in [2.45, 2.75) is 6.92 Å². The summed E-state index contributed by atoms with van der Waals surface area (Å²) in [6.45, 7) is 9.71. The zero-order chi connectivity index (χ0) is 57.2. The van der Waals surface area contributed by atoms with Crippen LogP contribution >= 0.6 is 0 Å². The van der Waals surface area contributed by atoms with Crippen molar-refractivity contribution in [3.05, 3.63) is 331 Å². The third kappa shape index (κ3) is 11.1. The molecule has 0 heterocycles. The summed E-state index contributed by atoms with van der Waals surface area (Å²) in [6, 6.07) is 106. The van der Waals surface area contributed by atoms with Crippen molar-refractivity contribution in [2.24, 2.45) is 0 Å². The van der Waals surface area contributed by atoms with Gasteiger partial charge in [0.15, 0.2) is 0 Å². The fourth-order valence-electron chi connectivity index (χ4n) is 11.0. The summed E-state index contributed by atoms with van der Waals surface area (Å²) in [5.41, 5.74) is 16.3. The Kier molecular flexibility index (Phi) is 15.5. The monoisotopic (exact) mass is 1080 g/mol. The van der Waals surface area contributed by atoms with E-state index >= 15 is 0 Å². The molecule has 0 atom stereocenters. The van der Waals surface area contributed by atoms with Gasteiger partial charge in [0.25, 0.3) is 0 Å². The van der Waals surface area contributed by atoms with Gasteiger partial charge >= 0.3 is 0 Å². The molecular formula is C78H57N5O. The summed E-state index contributed by atoms with van der Waals surface area (Å²) in [5, 5.41) is 16.1. The summed E-state index contributed by atoms with van der Waals surface area (Å²) in [6.07, 6.45) is 3.98. The lowest BCUT2D eigenvalue weighted by molar-refractivity contribution is 0.415. The van der Waals surface area contributed by atoms with Crippen molar-refractivity contribution in [3.8, 4) is 22.9 Å². The van der Waals surface area contributed by atoms with Crippen LogP contribution < -0.4 is 19.4 Å². The molecule has 6 heteroatoms. The predicted octanol–water partition coefficient (Wildman–Crippen LogP) is 21.8. The first-order chi connectivity index (χ1) is 41.5. The molecule has 13 aromatic carbocycles. The molecule has 0 saturated heterocycles. The predicted molar refractivity (Wildman–Crippen MR) is 353 cm³/mol. The molecule has 13 rings (SSSR count). The fraction of sp³-hybridized carbons (Fsp3) is 0.0256. The van der Waals surface area contributed by atoms with E-state index in [0.29, 0.717) is 11.3 Å². The maximum absolute atomic E-state index is 9.58. The molecule has 0 bridgehead atoms. The highest BCUT2D eigenvalue weighted by Crippen LogP contribution is 2.43. The Balaban J connectivity index is 0.000000169. The Hall–Kier alpha value is -11.4. The molecule has 0 fully saturated rings. The number of aryl methyl sites for hydroxylation is 1. The van der Waals surface area contributed by atoms with E-state index in [1.165, 1.54) is 32.7 Å². The van der Waals surface area contributed by atoms with Gasteiger partial charge in [0.1, 0.15) is 5.75 Å². The Labute approximate surface area is 491 Å². The fourth-order valence-corrected chi connectivity index (χ4v) is 11.0. The van der Waals surface area contributed by atoms with Gasteiger partial charge in [-0.15, -0.1) is 0 Å². The smallest absolute Gasteiger partial charge is 0.202 e. The number of hydrogen-bond acceptors (Lipinski definition) is 5. The van der Waals surface area contributed by atoms with Crippen molar-refractivity contribution in [2.75, 3.05) is 21.8 Å². The van der Waals surface area contributed by atoms with Gasteiger partial charge in [0.05, 0.1) is 36.7 Å². The van der Waals surface area contributed by atoms with Crippen LogP contribution in [0.25, 0.3) is 60.4 Å². The number of fused-ring (bicyclic) bond motifs is 3. The van der Waals surface area contributed by atoms with Gasteiger partial charge in [-0.05, 0) is 165 Å². The topological polar surface area (TPSA) is 47.1 Å². The minimum Gasteiger partial charge on any atom is -0.497 e. The second-order valence-electron chi connectivity index (χ2n) is 20.3. The summed E-state index contributed by atoms with van der Waals surface area (Å²) >= 11 is 0. The number of methoxy groups -OCH3 is 1. The molecule has 0 N–H and O–H groups in total. The summed E-state index contributed by atoms with van der Waals surface area (Å²) in [5.74, 6) is 0.814. The summed E-state index contributed by atoms with van der Waals surface area (Å²) in [7, 11) is 1.67. The van der Waals surface area contributed by atoms with Crippen molar-refractivity contribution in [1.82, 2.24) is 0 Å². The van der Waals surface area contributed by atoms with Crippen LogP contribution in [0.2, 0.25) is 0 Å². The molecule has 0 aliphatic carbocycles. The first-order valence-corrected chi connectivity index (χ1v) is 27.9. The van der Waals surface area contributed by atoms with Crippen LogP contribution in [0.5, 0.6) is 5.75 Å². The van der Waals surface area contributed by atoms with E-state index in [1.807, 2.05) is 85.8 Å². The first-order valence-electron chi connectivity index (χ1n) is 27.9. The standard InChI is InChI=1S/C44H32N2.C34H25N3O/c1-3-17-37(18-4-1)45(43-23-11-15-35-13-7-9-21-41(35)43)39-29-25-33(26-30-39)34-27-31-40(32-28-34)46(38-19-5-2-6-20-38)44-24-12-16-36-14-8-10-22-42(36)44;1-24-9-21-32-31(33(24)23-35)22-14-26(34(32)36-2)13-10-25-11-15-28(16-12-25)37(27-7-5-4-6-8-27)29-17-19-30(38-3)20-18-29/h1-32H;4-22H,1,3H3. The van der Waals surface area contributed by atoms with Gasteiger partial charge in [0.2, 0.25) is 5.69 Å². The Bertz CT molecular complexity index is 4360. The highest BCUT2D eigenvalue weighted by Gasteiger charge is 2.19. The Morgan fingerprint density at radius 3 is 1.26 bits per heavy atom. The van der Waals surface area contributed by atoms with Crippen LogP contribution in [0, 0.1) is 24.8 Å². The molecule has 0 spiro atoms. The van der Waals surface area contributed by atoms with E-state index in [-0.39, 0.29) is 0 Å². The largest absolute Gasteiger partial charge is 0.497 e. The van der Waals surface area contributed by atoms with Crippen LogP contribution in [0.15, 0.2) is 297 Å². The number of hydrogen-bond donors (Lipinski definition) is 0. The third-order valence-corrected chi connectivity index (χ3v) is 15.2. The van der Waals surface area contributed by atoms with Gasteiger partial charge in [-0.1, -0.05) is 200 Å². The number of nitriles is 1. The molecule has 0 radical (unpaired) electrons. The van der Waals surface area contributed by atoms with E-state index in [1.54, 1.807) is 7.11 Å². The Morgan fingerprint density at radius 2 is 0.786 bits per heavy atom. The number of ether oxygens (including phenoxy) is 1. The average Bonchev–Trinajstić information content (AvgIpc) is 3.48. The van der Waals surface area contributed by atoms with Gasteiger partial charge in [-0.3, -0.25) is 0 Å². The SMILES string of the molecule is [C-]#[N+]c1c(C=Cc2ccc(N(c3ccccc3)c3ccc(OC)cc3)cc2)ccc2c(C#N)c(C)ccc12.c1ccc(N(c2ccc(-c3ccc(N(c4ccccc4)c4cccc5ccccc45)cc3)cc2)c2cccc3ccccc23)cc1. The second kappa shape index (κ2) is 24.5. The van der Waals surface area contributed by atoms with E-state index in [4.69, 9.17) is 11.3 Å². The molecular weight excluding hydrogens is 1020 g/mol. The van der Waals surface area contributed by atoms with E-state index in [0.717, 1.165) is 84.4 Å². The molecule has 0 amide bonds. The number of benzene rings is 13. The third-order valence-electron chi connectivity index (χ3n) is 15.2. The first kappa shape index (κ1) is 53.2. The van der Waals surface area contributed by atoms with Crippen molar-refractivity contribution in [3.63, 3.8) is 0 Å². The lowest BCUT2D eigenvalue weighted by Crippen LogP contribution is -2.10. The normalized spacial score (nSPS) is 10.9. The minimum atomic E-state index is 0.557. The molecule has 0 aliphatic heterocycles. The molecule has 6 nitrogen and oxygen atoms in total. The van der Waals surface area contributed by atoms with Gasteiger partial charge < -0.3 is 19.4 Å². The highest BCUT2D eigenvalue weighted by atomic mass is 16.5. The Morgan fingerprint density at radius 1 is 0.381 bits per heavy atom. The van der Waals surface area contributed by atoms with E-state index in [2.05, 4.69) is 256 Å². The zero-order valence-corrected chi connectivity index (χ0v) is 46.6. The molecule has 0 saturated carbocycles. The van der Waals surface area contributed by atoms with Gasteiger partial charge in [0, 0.05) is 50.6 Å². The molecule has 13 aromatic rings. The van der Waals surface area contributed by atoms with Crippen LogP contribution in [-0.4, -0.2) is 7.11 Å². The summed E-state index contributed by atoms with van der Waals surface area (Å²) in [4.78, 5) is 10.7. The molecule has 0 aliphatic rings. The quantitative estimate of drug-likeness (QED) is 0.0850. The number of para-hydroxylation sites is 3. The van der Waals surface area contributed by atoms with Crippen molar-refractivity contribution >= 4 is 101 Å². The number of anilines is 9. The average molecular weight is 1080 g/mol. The molecule has 400 valence electrons. The zero-order valence-electron chi connectivity index (χ0n) is 46.6. The molecule has 84 heavy (non-hydrogen) atoms. The van der Waals surface area contributed by atoms with Crippen molar-refractivity contribution < 1.29 is 4.74 Å². The lowest BCUT2D eigenvalue weighted by atomic mass is 9.96. The molecule has 0 aromatic heterocycles. The number of rotatable bonds is 13.